The fourth-order valence-corrected chi connectivity index (χ4v) is 3.11. The first-order valence-corrected chi connectivity index (χ1v) is 9.36. The number of aryl methyl sites for hydroxylation is 2. The molecule has 1 aromatic rings. The minimum absolute atomic E-state index is 0. The van der Waals surface area contributed by atoms with E-state index in [0.29, 0.717) is 18.6 Å². The lowest BCUT2D eigenvalue weighted by molar-refractivity contribution is 0.0258. The first kappa shape index (κ1) is 23.6. The number of aromatic nitrogens is 1. The third kappa shape index (κ3) is 8.62. The fourth-order valence-electron chi connectivity index (χ4n) is 2.25. The van der Waals surface area contributed by atoms with Crippen molar-refractivity contribution < 1.29 is 4.74 Å². The Kier molecular flexibility index (Phi) is 12.7. The molecule has 0 aromatic carbocycles. The van der Waals surface area contributed by atoms with Crippen LogP contribution in [0.15, 0.2) is 4.99 Å². The summed E-state index contributed by atoms with van der Waals surface area (Å²) in [6.07, 6.45) is 1.27. The van der Waals surface area contributed by atoms with Crippen LogP contribution in [0.25, 0.3) is 0 Å². The average molecular weight is 468 g/mol. The van der Waals surface area contributed by atoms with Gasteiger partial charge in [-0.25, -0.2) is 9.98 Å². The molecular weight excluding hydrogens is 435 g/mol. The van der Waals surface area contributed by atoms with E-state index < -0.39 is 0 Å². The van der Waals surface area contributed by atoms with Gasteiger partial charge in [0.25, 0.3) is 0 Å². The minimum atomic E-state index is 0. The Bertz CT molecular complexity index is 471. The number of thiazole rings is 1. The van der Waals surface area contributed by atoms with Crippen LogP contribution in [0, 0.1) is 19.8 Å². The van der Waals surface area contributed by atoms with Gasteiger partial charge in [0.05, 0.1) is 18.3 Å². The van der Waals surface area contributed by atoms with E-state index >= 15 is 0 Å². The second-order valence-electron chi connectivity index (χ2n) is 5.90. The van der Waals surface area contributed by atoms with E-state index in [1.54, 1.807) is 11.3 Å². The molecule has 0 aliphatic heterocycles. The van der Waals surface area contributed by atoms with Crippen LogP contribution in [0.4, 0.5) is 0 Å². The predicted octanol–water partition coefficient (Wildman–Crippen LogP) is 3.88. The van der Waals surface area contributed by atoms with Crippen molar-refractivity contribution in [3.05, 3.63) is 15.6 Å². The van der Waals surface area contributed by atoms with Crippen LogP contribution in [0.5, 0.6) is 0 Å². The van der Waals surface area contributed by atoms with Gasteiger partial charge in [0, 0.05) is 24.6 Å². The summed E-state index contributed by atoms with van der Waals surface area (Å²) in [5.74, 6) is 1.37. The second-order valence-corrected chi connectivity index (χ2v) is 7.19. The molecule has 24 heavy (non-hydrogen) atoms. The molecule has 1 heterocycles. The van der Waals surface area contributed by atoms with Gasteiger partial charge < -0.3 is 15.4 Å². The molecule has 0 spiro atoms. The molecule has 0 fully saturated rings. The summed E-state index contributed by atoms with van der Waals surface area (Å²) < 4.78 is 5.78. The zero-order chi connectivity index (χ0) is 17.2. The highest BCUT2D eigenvalue weighted by atomic mass is 127. The average Bonchev–Trinajstić information content (AvgIpc) is 2.82. The number of nitrogens with one attached hydrogen (secondary N) is 2. The lowest BCUT2D eigenvalue weighted by Gasteiger charge is -2.21. The first-order valence-electron chi connectivity index (χ1n) is 8.54. The molecule has 1 atom stereocenters. The number of rotatable bonds is 9. The van der Waals surface area contributed by atoms with Crippen molar-refractivity contribution in [3.63, 3.8) is 0 Å². The number of aliphatic imine (C=N–C) groups is 1. The standard InChI is InChI=1S/C17H32N4OS.HI/c1-7-18-17(19-10-9-15(12(3)4)22-8-2)20-11-16-21-13(5)14(6)23-16;/h12,15H,7-11H2,1-6H3,(H2,18,19,20);1H. The van der Waals surface area contributed by atoms with Crippen LogP contribution in [0.3, 0.4) is 0 Å². The highest BCUT2D eigenvalue weighted by Crippen LogP contribution is 2.17. The normalized spacial score (nSPS) is 12.9. The number of hydrogen-bond donors (Lipinski definition) is 2. The van der Waals surface area contributed by atoms with Crippen molar-refractivity contribution in [2.24, 2.45) is 10.9 Å². The molecular formula is C17H33IN4OS. The Balaban J connectivity index is 0.00000529. The van der Waals surface area contributed by atoms with Crippen molar-refractivity contribution in [2.45, 2.75) is 60.6 Å². The molecule has 5 nitrogen and oxygen atoms in total. The zero-order valence-electron chi connectivity index (χ0n) is 15.8. The second kappa shape index (κ2) is 12.9. The summed E-state index contributed by atoms with van der Waals surface area (Å²) in [4.78, 5) is 10.4. The zero-order valence-corrected chi connectivity index (χ0v) is 19.0. The summed E-state index contributed by atoms with van der Waals surface area (Å²) in [6.45, 7) is 15.8. The van der Waals surface area contributed by atoms with E-state index in [2.05, 4.69) is 48.3 Å². The largest absolute Gasteiger partial charge is 0.378 e. The van der Waals surface area contributed by atoms with Crippen LogP contribution >= 0.6 is 35.3 Å². The Morgan fingerprint density at radius 2 is 1.96 bits per heavy atom. The van der Waals surface area contributed by atoms with Crippen LogP contribution < -0.4 is 10.6 Å². The van der Waals surface area contributed by atoms with Gasteiger partial charge in [-0.1, -0.05) is 13.8 Å². The topological polar surface area (TPSA) is 58.5 Å². The molecule has 0 saturated carbocycles. The van der Waals surface area contributed by atoms with E-state index in [0.717, 1.165) is 42.8 Å². The lowest BCUT2D eigenvalue weighted by atomic mass is 10.0. The molecule has 0 radical (unpaired) electrons. The Hall–Kier alpha value is -0.410. The van der Waals surface area contributed by atoms with E-state index in [1.807, 2.05) is 13.8 Å². The molecule has 0 bridgehead atoms. The van der Waals surface area contributed by atoms with Crippen LogP contribution in [0.1, 0.15) is 49.7 Å². The van der Waals surface area contributed by atoms with Gasteiger partial charge in [0.15, 0.2) is 5.96 Å². The molecule has 1 unspecified atom stereocenters. The van der Waals surface area contributed by atoms with Gasteiger partial charge in [-0.15, -0.1) is 35.3 Å². The van der Waals surface area contributed by atoms with Crippen LogP contribution in [-0.4, -0.2) is 36.7 Å². The molecule has 0 amide bonds. The number of nitrogens with zero attached hydrogens (tertiary/aromatic N) is 2. The molecule has 0 saturated heterocycles. The van der Waals surface area contributed by atoms with Crippen molar-refractivity contribution >= 4 is 41.3 Å². The van der Waals surface area contributed by atoms with Gasteiger partial charge >= 0.3 is 0 Å². The maximum atomic E-state index is 5.78. The molecule has 2 N–H and O–H groups in total. The van der Waals surface area contributed by atoms with Gasteiger partial charge in [0.2, 0.25) is 0 Å². The van der Waals surface area contributed by atoms with Gasteiger partial charge in [-0.05, 0) is 40.0 Å². The summed E-state index contributed by atoms with van der Waals surface area (Å²) in [6, 6.07) is 0. The molecule has 7 heteroatoms. The monoisotopic (exact) mass is 468 g/mol. The fraction of sp³-hybridized carbons (Fsp3) is 0.765. The molecule has 0 aliphatic rings. The summed E-state index contributed by atoms with van der Waals surface area (Å²) in [5, 5.41) is 7.74. The molecule has 140 valence electrons. The predicted molar refractivity (Wildman–Crippen MR) is 115 cm³/mol. The highest BCUT2D eigenvalue weighted by Gasteiger charge is 2.13. The quantitative estimate of drug-likeness (QED) is 0.328. The smallest absolute Gasteiger partial charge is 0.191 e. The number of halogens is 1. The van der Waals surface area contributed by atoms with Gasteiger partial charge in [-0.2, -0.15) is 0 Å². The molecule has 1 aromatic heterocycles. The van der Waals surface area contributed by atoms with E-state index in [1.165, 1.54) is 4.88 Å². The number of guanidine groups is 1. The van der Waals surface area contributed by atoms with E-state index in [4.69, 9.17) is 4.74 Å². The Morgan fingerprint density at radius 3 is 2.46 bits per heavy atom. The third-order valence-electron chi connectivity index (χ3n) is 3.64. The van der Waals surface area contributed by atoms with Crippen LogP contribution in [-0.2, 0) is 11.3 Å². The summed E-state index contributed by atoms with van der Waals surface area (Å²) >= 11 is 1.72. The number of hydrogen-bond acceptors (Lipinski definition) is 4. The lowest BCUT2D eigenvalue weighted by Crippen LogP contribution is -2.39. The summed E-state index contributed by atoms with van der Waals surface area (Å²) in [7, 11) is 0. The maximum absolute atomic E-state index is 5.78. The Morgan fingerprint density at radius 1 is 1.25 bits per heavy atom. The van der Waals surface area contributed by atoms with E-state index in [-0.39, 0.29) is 24.0 Å². The summed E-state index contributed by atoms with van der Waals surface area (Å²) in [5.41, 5.74) is 1.11. The van der Waals surface area contributed by atoms with E-state index in [9.17, 15) is 0 Å². The van der Waals surface area contributed by atoms with Crippen molar-refractivity contribution in [2.75, 3.05) is 19.7 Å². The van der Waals surface area contributed by atoms with Crippen LogP contribution in [0.2, 0.25) is 0 Å². The van der Waals surface area contributed by atoms with Crippen molar-refractivity contribution in [1.82, 2.24) is 15.6 Å². The first-order chi connectivity index (χ1) is 11.0. The minimum Gasteiger partial charge on any atom is -0.378 e. The van der Waals surface area contributed by atoms with Gasteiger partial charge in [0.1, 0.15) is 5.01 Å². The van der Waals surface area contributed by atoms with Gasteiger partial charge in [-0.3, -0.25) is 0 Å². The maximum Gasteiger partial charge on any atom is 0.191 e. The SMILES string of the molecule is CCNC(=NCc1nc(C)c(C)s1)NCCC(OCC)C(C)C.I. The highest BCUT2D eigenvalue weighted by molar-refractivity contribution is 14.0. The van der Waals surface area contributed by atoms with Crippen molar-refractivity contribution in [1.29, 1.82) is 0 Å². The molecule has 0 aliphatic carbocycles. The number of ether oxygens (including phenoxy) is 1. The third-order valence-corrected chi connectivity index (χ3v) is 4.69. The van der Waals surface area contributed by atoms with Crippen molar-refractivity contribution in [3.8, 4) is 0 Å². The molecule has 1 rings (SSSR count). The Labute approximate surface area is 168 Å².